The van der Waals surface area contributed by atoms with Gasteiger partial charge in [0.1, 0.15) is 11.4 Å². The third kappa shape index (κ3) is 6.98. The molecule has 0 bridgehead atoms. The number of aliphatic hydroxyl groups is 1. The highest BCUT2D eigenvalue weighted by Crippen LogP contribution is 2.54. The fourth-order valence-electron chi connectivity index (χ4n) is 9.42. The second-order valence-corrected chi connectivity index (χ2v) is 15.2. The van der Waals surface area contributed by atoms with E-state index in [-0.39, 0.29) is 34.9 Å². The highest BCUT2D eigenvalue weighted by atomic mass is 19.1. The van der Waals surface area contributed by atoms with Crippen molar-refractivity contribution in [3.8, 4) is 6.07 Å². The summed E-state index contributed by atoms with van der Waals surface area (Å²) in [6, 6.07) is 12.7. The number of hydrogen-bond acceptors (Lipinski definition) is 8. The van der Waals surface area contributed by atoms with Crippen LogP contribution in [0.4, 0.5) is 14.5 Å². The number of nitriles is 1. The maximum atomic E-state index is 15.6. The van der Waals surface area contributed by atoms with Crippen LogP contribution >= 0.6 is 0 Å². The van der Waals surface area contributed by atoms with E-state index in [1.807, 2.05) is 30.0 Å². The number of nitrogens with zero attached hydrogens (tertiary/aromatic N) is 5. The molecule has 2 aromatic rings. The third-order valence-electron chi connectivity index (χ3n) is 11.7. The number of hydrogen-bond donors (Lipinski definition) is 1. The number of rotatable bonds is 12. The van der Waals surface area contributed by atoms with Crippen molar-refractivity contribution in [1.29, 1.82) is 5.26 Å². The number of carbonyl (C=O) groups excluding carboxylic acids is 1. The largest absolute Gasteiger partial charge is 0.469 e. The molecule has 48 heavy (non-hydrogen) atoms. The molecule has 0 radical (unpaired) electrons. The molecule has 3 atom stereocenters. The molecule has 0 amide bonds. The van der Waals surface area contributed by atoms with Crippen LogP contribution in [0, 0.1) is 40.7 Å². The Morgan fingerprint density at radius 2 is 1.81 bits per heavy atom. The fraction of sp³-hybridized carbons (Fsp3) is 0.632. The zero-order valence-electron chi connectivity index (χ0n) is 28.8. The normalized spacial score (nSPS) is 24.5. The zero-order valence-corrected chi connectivity index (χ0v) is 28.8. The van der Waals surface area contributed by atoms with Crippen LogP contribution in [0.2, 0.25) is 0 Å². The molecule has 2 aromatic carbocycles. The zero-order chi connectivity index (χ0) is 34.1. The molecule has 1 N–H and O–H groups in total. The van der Waals surface area contributed by atoms with Crippen LogP contribution in [0.25, 0.3) is 0 Å². The predicted molar refractivity (Wildman–Crippen MR) is 181 cm³/mol. The Hall–Kier alpha value is -3.10. The van der Waals surface area contributed by atoms with Gasteiger partial charge >= 0.3 is 5.97 Å². The Morgan fingerprint density at radius 3 is 2.44 bits per heavy atom. The van der Waals surface area contributed by atoms with Crippen LogP contribution in [0.15, 0.2) is 36.4 Å². The van der Waals surface area contributed by atoms with Gasteiger partial charge < -0.3 is 29.4 Å². The van der Waals surface area contributed by atoms with Crippen molar-refractivity contribution in [3.05, 3.63) is 64.7 Å². The summed E-state index contributed by atoms with van der Waals surface area (Å²) in [6.45, 7) is 6.09. The number of piperidine rings is 1. The Balaban J connectivity index is 1.18. The number of likely N-dealkylation sites (tertiary alicyclic amines) is 2. The number of methoxy groups -OCH3 is 1. The third-order valence-corrected chi connectivity index (χ3v) is 11.7. The van der Waals surface area contributed by atoms with Crippen LogP contribution in [0.3, 0.4) is 0 Å². The molecule has 4 fully saturated rings. The summed E-state index contributed by atoms with van der Waals surface area (Å²) in [4.78, 5) is 21.1. The lowest BCUT2D eigenvalue weighted by Gasteiger charge is -2.55. The van der Waals surface area contributed by atoms with Crippen molar-refractivity contribution in [1.82, 2.24) is 14.7 Å². The topological polar surface area (TPSA) is 83.3 Å². The lowest BCUT2D eigenvalue weighted by atomic mass is 9.56. The van der Waals surface area contributed by atoms with E-state index in [0.29, 0.717) is 55.3 Å². The van der Waals surface area contributed by atoms with Gasteiger partial charge in [-0.25, -0.2) is 8.78 Å². The van der Waals surface area contributed by atoms with Gasteiger partial charge in [0.2, 0.25) is 0 Å². The molecule has 4 aliphatic rings. The summed E-state index contributed by atoms with van der Waals surface area (Å²) in [5.74, 6) is -0.0305. The van der Waals surface area contributed by atoms with Gasteiger partial charge in [0.15, 0.2) is 5.82 Å². The smallest absolute Gasteiger partial charge is 0.305 e. The minimum Gasteiger partial charge on any atom is -0.469 e. The number of carbonyl (C=O) groups is 1. The Labute approximate surface area is 284 Å². The van der Waals surface area contributed by atoms with E-state index in [1.165, 1.54) is 19.6 Å². The number of halogens is 2. The fourth-order valence-corrected chi connectivity index (χ4v) is 9.42. The molecular formula is C38H51F2N5O3. The first-order valence-corrected chi connectivity index (χ1v) is 17.7. The Kier molecular flexibility index (Phi) is 10.4. The quantitative estimate of drug-likeness (QED) is 0.325. The SMILES string of the molecule is COC(=O)C[C@H]1CCC[C@@H]1[C@](CN1CCC1)(c1cccc(F)c1)C1CCN(CC2(O)CN(c3ccc(C#N)c(CN(C)C)c3F)C2)CC1. The summed E-state index contributed by atoms with van der Waals surface area (Å²) < 4.78 is 35.7. The van der Waals surface area contributed by atoms with Crippen LogP contribution in [-0.4, -0.2) is 105 Å². The van der Waals surface area contributed by atoms with E-state index in [9.17, 15) is 19.6 Å². The molecule has 10 heteroatoms. The van der Waals surface area contributed by atoms with E-state index in [1.54, 1.807) is 18.2 Å². The van der Waals surface area contributed by atoms with Gasteiger partial charge in [-0.2, -0.15) is 5.26 Å². The van der Waals surface area contributed by atoms with Crippen molar-refractivity contribution in [3.63, 3.8) is 0 Å². The lowest BCUT2D eigenvalue weighted by Crippen LogP contribution is -2.67. The number of anilines is 1. The van der Waals surface area contributed by atoms with Crippen LogP contribution in [0.1, 0.15) is 61.6 Å². The molecule has 0 spiro atoms. The van der Waals surface area contributed by atoms with E-state index in [4.69, 9.17) is 4.74 Å². The van der Waals surface area contributed by atoms with E-state index in [0.717, 1.165) is 70.4 Å². The second kappa shape index (κ2) is 14.4. The van der Waals surface area contributed by atoms with Crippen molar-refractivity contribution >= 4 is 11.7 Å². The van der Waals surface area contributed by atoms with Crippen molar-refractivity contribution in [2.75, 3.05) is 78.5 Å². The van der Waals surface area contributed by atoms with Crippen LogP contribution in [-0.2, 0) is 21.5 Å². The highest BCUT2D eigenvalue weighted by Gasteiger charge is 2.53. The van der Waals surface area contributed by atoms with Crippen molar-refractivity contribution < 1.29 is 23.4 Å². The standard InChI is InChI=1S/C38H51F2N5O3/c1-42(2)22-32-28(21-41)11-12-34(36(32)40)45-24-37(47,25-45)23-44-17-13-29(14-18-44)38(26-43-15-6-16-43,30-8-5-9-31(39)20-30)33-10-4-7-27(33)19-35(46)48-3/h5,8-9,11-12,20,27,29,33,47H,4,6-7,10,13-19,22-26H2,1-3H3/t27-,33+,38+/m1/s1. The lowest BCUT2D eigenvalue weighted by molar-refractivity contribution is -0.142. The molecule has 3 saturated heterocycles. The van der Waals surface area contributed by atoms with Gasteiger partial charge in [-0.15, -0.1) is 0 Å². The summed E-state index contributed by atoms with van der Waals surface area (Å²) >= 11 is 0. The predicted octanol–water partition coefficient (Wildman–Crippen LogP) is 4.78. The minimum atomic E-state index is -0.955. The van der Waals surface area contributed by atoms with Gasteiger partial charge in [-0.05, 0) is 120 Å². The van der Waals surface area contributed by atoms with Gasteiger partial charge in [0, 0.05) is 50.1 Å². The van der Waals surface area contributed by atoms with Gasteiger partial charge in [0.05, 0.1) is 24.4 Å². The molecule has 3 heterocycles. The summed E-state index contributed by atoms with van der Waals surface area (Å²) in [7, 11) is 5.15. The molecule has 3 aliphatic heterocycles. The van der Waals surface area contributed by atoms with Crippen LogP contribution in [0.5, 0.6) is 0 Å². The maximum Gasteiger partial charge on any atom is 0.305 e. The summed E-state index contributed by atoms with van der Waals surface area (Å²) in [5.41, 5.74) is 0.961. The molecular weight excluding hydrogens is 612 g/mol. The average Bonchev–Trinajstić information content (AvgIpc) is 3.49. The number of esters is 1. The monoisotopic (exact) mass is 663 g/mol. The molecule has 0 unspecified atom stereocenters. The van der Waals surface area contributed by atoms with Crippen molar-refractivity contribution in [2.45, 2.75) is 62.5 Å². The number of ether oxygens (including phenoxy) is 1. The van der Waals surface area contributed by atoms with Crippen molar-refractivity contribution in [2.24, 2.45) is 17.8 Å². The van der Waals surface area contributed by atoms with E-state index < -0.39 is 5.60 Å². The highest BCUT2D eigenvalue weighted by molar-refractivity contribution is 5.69. The van der Waals surface area contributed by atoms with E-state index >= 15 is 4.39 Å². The van der Waals surface area contributed by atoms with E-state index in [2.05, 4.69) is 21.9 Å². The molecule has 1 aliphatic carbocycles. The first-order chi connectivity index (χ1) is 23.0. The first-order valence-electron chi connectivity index (χ1n) is 17.7. The van der Waals surface area contributed by atoms with Crippen LogP contribution < -0.4 is 4.90 Å². The molecule has 6 rings (SSSR count). The molecule has 1 saturated carbocycles. The maximum absolute atomic E-state index is 15.6. The van der Waals surface area contributed by atoms with Gasteiger partial charge in [0.25, 0.3) is 0 Å². The number of benzene rings is 2. The average molecular weight is 664 g/mol. The Morgan fingerprint density at radius 1 is 1.06 bits per heavy atom. The summed E-state index contributed by atoms with van der Waals surface area (Å²) in [5, 5.41) is 21.1. The summed E-state index contributed by atoms with van der Waals surface area (Å²) in [6.07, 6.45) is 6.47. The molecule has 0 aromatic heterocycles. The molecule has 8 nitrogen and oxygen atoms in total. The Bertz CT molecular complexity index is 1500. The van der Waals surface area contributed by atoms with Gasteiger partial charge in [-0.3, -0.25) is 4.79 Å². The minimum absolute atomic E-state index is 0.170. The first kappa shape index (κ1) is 34.8. The second-order valence-electron chi connectivity index (χ2n) is 15.2. The molecule has 260 valence electrons. The number of β-amino-alcohol motifs (C(OH)–C–C–N with tert-alkyl or cyclic N) is 1. The van der Waals surface area contributed by atoms with Gasteiger partial charge in [-0.1, -0.05) is 18.6 Å².